The highest BCUT2D eigenvalue weighted by atomic mass is 19.2. The minimum Gasteiger partial charge on any atom is -0.321 e. The van der Waals surface area contributed by atoms with E-state index in [4.69, 9.17) is 0 Å². The van der Waals surface area contributed by atoms with Gasteiger partial charge in [0, 0.05) is 11.1 Å². The molecule has 0 fully saturated rings. The van der Waals surface area contributed by atoms with Crippen LogP contribution in [0.1, 0.15) is 11.1 Å². The monoisotopic (exact) mass is 396 g/mol. The average molecular weight is 396 g/mol. The van der Waals surface area contributed by atoms with E-state index in [1.54, 1.807) is 0 Å². The molecule has 28 heavy (non-hydrogen) atoms. The third-order valence-electron chi connectivity index (χ3n) is 4.23. The normalized spacial score (nSPS) is 15.9. The molecule has 0 saturated carbocycles. The number of nitrogens with one attached hydrogen (secondary N) is 2. The molecular weight excluding hydrogens is 390 g/mol. The lowest BCUT2D eigenvalue weighted by Gasteiger charge is -2.08. The molecule has 0 spiro atoms. The number of halogens is 6. The third-order valence-corrected chi connectivity index (χ3v) is 4.23. The van der Waals surface area contributed by atoms with Crippen LogP contribution >= 0.6 is 0 Å². The standard InChI is InChI=1S/C18H6F6N2O2/c19-7-1-5(2-8(20)13(7)23)15-11-12(18(28)25-15)16(26-17(11)27)6-3-9(21)14(24)10(22)4-6/h1-4H,(H,25,28)(H,26,27). The fourth-order valence-corrected chi connectivity index (χ4v) is 3.01. The van der Waals surface area contributed by atoms with E-state index in [1.165, 1.54) is 0 Å². The molecule has 0 atom stereocenters. The molecule has 0 radical (unpaired) electrons. The van der Waals surface area contributed by atoms with Gasteiger partial charge < -0.3 is 10.6 Å². The van der Waals surface area contributed by atoms with E-state index in [2.05, 4.69) is 10.6 Å². The maximum atomic E-state index is 13.5. The lowest BCUT2D eigenvalue weighted by atomic mass is 10.0. The van der Waals surface area contributed by atoms with Crippen LogP contribution in [0.15, 0.2) is 35.4 Å². The van der Waals surface area contributed by atoms with Gasteiger partial charge in [-0.1, -0.05) is 0 Å². The zero-order valence-electron chi connectivity index (χ0n) is 13.4. The van der Waals surface area contributed by atoms with Crippen LogP contribution in [-0.2, 0) is 9.59 Å². The number of benzene rings is 2. The summed E-state index contributed by atoms with van der Waals surface area (Å²) in [5, 5.41) is 4.44. The first kappa shape index (κ1) is 17.8. The lowest BCUT2D eigenvalue weighted by molar-refractivity contribution is -0.117. The summed E-state index contributed by atoms with van der Waals surface area (Å²) in [6.07, 6.45) is 0. The largest absolute Gasteiger partial charge is 0.321 e. The van der Waals surface area contributed by atoms with Crippen LogP contribution < -0.4 is 10.6 Å². The molecule has 2 aliphatic rings. The van der Waals surface area contributed by atoms with Crippen molar-refractivity contribution in [2.45, 2.75) is 0 Å². The van der Waals surface area contributed by atoms with Gasteiger partial charge >= 0.3 is 0 Å². The molecule has 2 N–H and O–H groups in total. The Kier molecular flexibility index (Phi) is 3.81. The molecule has 2 heterocycles. The van der Waals surface area contributed by atoms with Gasteiger partial charge in [0.1, 0.15) is 0 Å². The van der Waals surface area contributed by atoms with Crippen LogP contribution in [0.2, 0.25) is 0 Å². The van der Waals surface area contributed by atoms with E-state index in [0.29, 0.717) is 24.3 Å². The number of carbonyl (C=O) groups is 2. The van der Waals surface area contributed by atoms with Crippen molar-refractivity contribution in [3.63, 3.8) is 0 Å². The van der Waals surface area contributed by atoms with Gasteiger partial charge in [-0.25, -0.2) is 26.3 Å². The second-order valence-electron chi connectivity index (χ2n) is 5.92. The highest BCUT2D eigenvalue weighted by Gasteiger charge is 2.41. The molecule has 0 saturated heterocycles. The zero-order chi connectivity index (χ0) is 20.3. The molecule has 2 aromatic rings. The zero-order valence-corrected chi connectivity index (χ0v) is 13.4. The number of hydrogen-bond donors (Lipinski definition) is 2. The molecule has 4 rings (SSSR count). The fourth-order valence-electron chi connectivity index (χ4n) is 3.01. The average Bonchev–Trinajstić information content (AvgIpc) is 3.15. The first-order chi connectivity index (χ1) is 13.2. The summed E-state index contributed by atoms with van der Waals surface area (Å²) in [7, 11) is 0. The van der Waals surface area contributed by atoms with E-state index >= 15 is 0 Å². The van der Waals surface area contributed by atoms with Gasteiger partial charge in [0.05, 0.1) is 22.5 Å². The van der Waals surface area contributed by atoms with Crippen LogP contribution in [-0.4, -0.2) is 11.8 Å². The van der Waals surface area contributed by atoms with Crippen LogP contribution in [0.3, 0.4) is 0 Å². The Hall–Kier alpha value is -3.56. The second-order valence-corrected chi connectivity index (χ2v) is 5.92. The second kappa shape index (κ2) is 5.98. The highest BCUT2D eigenvalue weighted by molar-refractivity contribution is 6.30. The van der Waals surface area contributed by atoms with Crippen molar-refractivity contribution >= 4 is 23.2 Å². The smallest absolute Gasteiger partial charge is 0.258 e. The lowest BCUT2D eigenvalue weighted by Crippen LogP contribution is -2.21. The summed E-state index contributed by atoms with van der Waals surface area (Å²) in [4.78, 5) is 24.6. The Balaban J connectivity index is 1.93. The van der Waals surface area contributed by atoms with Crippen molar-refractivity contribution in [1.82, 2.24) is 10.6 Å². The highest BCUT2D eigenvalue weighted by Crippen LogP contribution is 2.38. The van der Waals surface area contributed by atoms with Gasteiger partial charge in [-0.05, 0) is 24.3 Å². The van der Waals surface area contributed by atoms with E-state index in [9.17, 15) is 35.9 Å². The van der Waals surface area contributed by atoms with Gasteiger partial charge in [0.2, 0.25) is 0 Å². The van der Waals surface area contributed by atoms with Crippen molar-refractivity contribution in [2.75, 3.05) is 0 Å². The van der Waals surface area contributed by atoms with Gasteiger partial charge in [-0.3, -0.25) is 9.59 Å². The summed E-state index contributed by atoms with van der Waals surface area (Å²) in [6, 6.07) is 2.30. The molecule has 2 amide bonds. The SMILES string of the molecule is O=C1NC(c2cc(F)c(F)c(F)c2)=C2C(=O)NC(c3cc(F)c(F)c(F)c3)=C12. The molecule has 4 nitrogen and oxygen atoms in total. The molecule has 10 heteroatoms. The van der Waals surface area contributed by atoms with Crippen LogP contribution in [0.5, 0.6) is 0 Å². The quantitative estimate of drug-likeness (QED) is 0.606. The van der Waals surface area contributed by atoms with Crippen molar-refractivity contribution < 1.29 is 35.9 Å². The minimum absolute atomic E-state index is 0.312. The number of hydrogen-bond acceptors (Lipinski definition) is 2. The van der Waals surface area contributed by atoms with E-state index in [0.717, 1.165) is 0 Å². The Labute approximate surface area is 152 Å². The number of carbonyl (C=O) groups excluding carboxylic acids is 2. The fraction of sp³-hybridized carbons (Fsp3) is 0. The van der Waals surface area contributed by atoms with Gasteiger partial charge in [-0.15, -0.1) is 0 Å². The number of amides is 2. The van der Waals surface area contributed by atoms with Gasteiger partial charge in [-0.2, -0.15) is 0 Å². The maximum absolute atomic E-state index is 13.5. The molecule has 142 valence electrons. The number of rotatable bonds is 2. The van der Waals surface area contributed by atoms with Crippen LogP contribution in [0.4, 0.5) is 26.3 Å². The Morgan fingerprint density at radius 1 is 0.536 bits per heavy atom. The first-order valence-electron chi connectivity index (χ1n) is 7.60. The van der Waals surface area contributed by atoms with Gasteiger partial charge in [0.15, 0.2) is 34.9 Å². The summed E-state index contributed by atoms with van der Waals surface area (Å²) >= 11 is 0. The van der Waals surface area contributed by atoms with Crippen molar-refractivity contribution in [3.05, 3.63) is 81.4 Å². The van der Waals surface area contributed by atoms with Gasteiger partial charge in [0.25, 0.3) is 11.8 Å². The van der Waals surface area contributed by atoms with Crippen molar-refractivity contribution in [1.29, 1.82) is 0 Å². The first-order valence-corrected chi connectivity index (χ1v) is 7.60. The molecule has 0 unspecified atom stereocenters. The summed E-state index contributed by atoms with van der Waals surface area (Å²) in [5.74, 6) is -11.5. The Bertz CT molecular complexity index is 1030. The summed E-state index contributed by atoms with van der Waals surface area (Å²) in [6.45, 7) is 0. The topological polar surface area (TPSA) is 58.2 Å². The third kappa shape index (κ3) is 2.48. The predicted octanol–water partition coefficient (Wildman–Crippen LogP) is 2.90. The van der Waals surface area contributed by atoms with E-state index < -0.39 is 46.7 Å². The van der Waals surface area contributed by atoms with E-state index in [-0.39, 0.29) is 33.7 Å². The van der Waals surface area contributed by atoms with Crippen LogP contribution in [0, 0.1) is 34.9 Å². The molecular formula is C18H6F6N2O2. The summed E-state index contributed by atoms with van der Waals surface area (Å²) < 4.78 is 80.4. The van der Waals surface area contributed by atoms with Crippen LogP contribution in [0.25, 0.3) is 11.4 Å². The van der Waals surface area contributed by atoms with Crippen molar-refractivity contribution in [3.8, 4) is 0 Å². The minimum atomic E-state index is -1.73. The van der Waals surface area contributed by atoms with E-state index in [1.807, 2.05) is 0 Å². The molecule has 0 bridgehead atoms. The Morgan fingerprint density at radius 3 is 1.11 bits per heavy atom. The molecule has 2 aliphatic heterocycles. The molecule has 0 aromatic heterocycles. The maximum Gasteiger partial charge on any atom is 0.258 e. The predicted molar refractivity (Wildman–Crippen MR) is 82.8 cm³/mol. The van der Waals surface area contributed by atoms with Crippen molar-refractivity contribution in [2.24, 2.45) is 0 Å². The molecule has 0 aliphatic carbocycles. The summed E-state index contributed by atoms with van der Waals surface area (Å²) in [5.41, 5.74) is -1.99. The molecule has 2 aromatic carbocycles. The Morgan fingerprint density at radius 2 is 0.821 bits per heavy atom. The number of fused-ring (bicyclic) bond motifs is 1.